The third-order valence-electron chi connectivity index (χ3n) is 5.82. The van der Waals surface area contributed by atoms with Crippen molar-refractivity contribution in [1.82, 2.24) is 10.2 Å². The smallest absolute Gasteiger partial charge is 0.226 e. The molecule has 0 spiro atoms. The lowest BCUT2D eigenvalue weighted by Crippen LogP contribution is -2.43. The molecule has 1 aliphatic carbocycles. The van der Waals surface area contributed by atoms with Crippen molar-refractivity contribution >= 4 is 5.91 Å². The van der Waals surface area contributed by atoms with E-state index >= 15 is 0 Å². The highest BCUT2D eigenvalue weighted by Gasteiger charge is 2.46. The van der Waals surface area contributed by atoms with Crippen LogP contribution >= 0.6 is 0 Å². The van der Waals surface area contributed by atoms with Crippen LogP contribution in [-0.2, 0) is 17.6 Å². The predicted molar refractivity (Wildman–Crippen MR) is 83.0 cm³/mol. The molecule has 1 aromatic rings. The van der Waals surface area contributed by atoms with E-state index in [9.17, 15) is 4.79 Å². The predicted octanol–water partition coefficient (Wildman–Crippen LogP) is 1.86. The van der Waals surface area contributed by atoms with Gasteiger partial charge in [0.15, 0.2) is 0 Å². The number of likely N-dealkylation sites (tertiary alicyclic amines) is 1. The Balaban J connectivity index is 1.51. The first-order chi connectivity index (χ1) is 10.3. The van der Waals surface area contributed by atoms with Crippen molar-refractivity contribution in [1.29, 1.82) is 0 Å². The lowest BCUT2D eigenvalue weighted by atomic mass is 9.92. The van der Waals surface area contributed by atoms with E-state index in [2.05, 4.69) is 41.4 Å². The van der Waals surface area contributed by atoms with E-state index in [1.807, 2.05) is 0 Å². The average Bonchev–Trinajstić information content (AvgIpc) is 3.19. The topological polar surface area (TPSA) is 32.3 Å². The van der Waals surface area contributed by atoms with Gasteiger partial charge in [-0.1, -0.05) is 31.2 Å². The van der Waals surface area contributed by atoms with Crippen LogP contribution in [0.5, 0.6) is 0 Å². The molecule has 3 aliphatic rings. The summed E-state index contributed by atoms with van der Waals surface area (Å²) in [6.45, 7) is 5.39. The van der Waals surface area contributed by atoms with Gasteiger partial charge < -0.3 is 10.2 Å². The molecule has 0 bridgehead atoms. The van der Waals surface area contributed by atoms with Crippen molar-refractivity contribution in [3.05, 3.63) is 35.4 Å². The Morgan fingerprint density at radius 1 is 1.24 bits per heavy atom. The number of hydrogen-bond acceptors (Lipinski definition) is 2. The monoisotopic (exact) mass is 284 g/mol. The first kappa shape index (κ1) is 13.3. The molecule has 3 nitrogen and oxygen atoms in total. The highest BCUT2D eigenvalue weighted by Crippen LogP contribution is 2.37. The second kappa shape index (κ2) is 5.13. The SMILES string of the molecule is CCC1C2CNCC2CN1C(=O)C1Cc2ccccc2C1. The van der Waals surface area contributed by atoms with Crippen LogP contribution < -0.4 is 5.32 Å². The van der Waals surface area contributed by atoms with Crippen LogP contribution in [0.4, 0.5) is 0 Å². The van der Waals surface area contributed by atoms with Crippen LogP contribution in [0.1, 0.15) is 24.5 Å². The van der Waals surface area contributed by atoms with Gasteiger partial charge in [0, 0.05) is 31.6 Å². The summed E-state index contributed by atoms with van der Waals surface area (Å²) >= 11 is 0. The molecule has 0 saturated carbocycles. The van der Waals surface area contributed by atoms with Gasteiger partial charge in [-0.05, 0) is 42.2 Å². The lowest BCUT2D eigenvalue weighted by Gasteiger charge is -2.29. The maximum absolute atomic E-state index is 13.0. The van der Waals surface area contributed by atoms with Gasteiger partial charge in [0.25, 0.3) is 0 Å². The quantitative estimate of drug-likeness (QED) is 0.899. The highest BCUT2D eigenvalue weighted by molar-refractivity contribution is 5.81. The molecule has 0 aromatic heterocycles. The van der Waals surface area contributed by atoms with Crippen molar-refractivity contribution in [2.24, 2.45) is 17.8 Å². The minimum absolute atomic E-state index is 0.184. The number of nitrogens with zero attached hydrogens (tertiary/aromatic N) is 1. The first-order valence-electron chi connectivity index (χ1n) is 8.36. The normalized spacial score (nSPS) is 31.5. The maximum Gasteiger partial charge on any atom is 0.226 e. The second-order valence-electron chi connectivity index (χ2n) is 6.92. The fourth-order valence-electron chi connectivity index (χ4n) is 4.77. The van der Waals surface area contributed by atoms with E-state index in [1.54, 1.807) is 0 Å². The molecule has 4 rings (SSSR count). The molecule has 1 amide bonds. The third-order valence-corrected chi connectivity index (χ3v) is 5.82. The second-order valence-corrected chi connectivity index (χ2v) is 6.92. The molecule has 2 heterocycles. The standard InChI is InChI=1S/C18H24N2O/c1-2-17-16-10-19-9-15(16)11-20(17)18(21)14-7-12-5-3-4-6-13(12)8-14/h3-6,14-17,19H,2,7-11H2,1H3. The minimum atomic E-state index is 0.184. The van der Waals surface area contributed by atoms with Gasteiger partial charge in [-0.3, -0.25) is 4.79 Å². The summed E-state index contributed by atoms with van der Waals surface area (Å²) in [7, 11) is 0. The molecule has 112 valence electrons. The van der Waals surface area contributed by atoms with E-state index in [1.165, 1.54) is 11.1 Å². The molecular formula is C18H24N2O. The number of rotatable bonds is 2. The van der Waals surface area contributed by atoms with Crippen LogP contribution in [0.25, 0.3) is 0 Å². The summed E-state index contributed by atoms with van der Waals surface area (Å²) in [6, 6.07) is 9.01. The Labute approximate surface area is 126 Å². The van der Waals surface area contributed by atoms with E-state index in [4.69, 9.17) is 0 Å². The number of carbonyl (C=O) groups excluding carboxylic acids is 1. The summed E-state index contributed by atoms with van der Waals surface area (Å²) in [5.74, 6) is 1.96. The summed E-state index contributed by atoms with van der Waals surface area (Å²) in [5, 5.41) is 3.49. The molecule has 3 heteroatoms. The number of amides is 1. The van der Waals surface area contributed by atoms with Gasteiger partial charge in [-0.2, -0.15) is 0 Å². The zero-order valence-corrected chi connectivity index (χ0v) is 12.7. The lowest BCUT2D eigenvalue weighted by molar-refractivity contribution is -0.136. The Hall–Kier alpha value is -1.35. The molecule has 3 unspecified atom stereocenters. The van der Waals surface area contributed by atoms with Gasteiger partial charge in [0.1, 0.15) is 0 Å². The Morgan fingerprint density at radius 2 is 1.95 bits per heavy atom. The fourth-order valence-corrected chi connectivity index (χ4v) is 4.77. The van der Waals surface area contributed by atoms with Crippen molar-refractivity contribution in [3.63, 3.8) is 0 Å². The summed E-state index contributed by atoms with van der Waals surface area (Å²) in [5.41, 5.74) is 2.76. The van der Waals surface area contributed by atoms with Crippen molar-refractivity contribution < 1.29 is 4.79 Å². The van der Waals surface area contributed by atoms with Crippen molar-refractivity contribution in [2.75, 3.05) is 19.6 Å². The summed E-state index contributed by atoms with van der Waals surface area (Å²) in [4.78, 5) is 15.3. The summed E-state index contributed by atoms with van der Waals surface area (Å²) < 4.78 is 0. The minimum Gasteiger partial charge on any atom is -0.339 e. The number of carbonyl (C=O) groups is 1. The van der Waals surface area contributed by atoms with E-state index in [0.29, 0.717) is 23.8 Å². The van der Waals surface area contributed by atoms with Crippen molar-refractivity contribution in [3.8, 4) is 0 Å². The molecular weight excluding hydrogens is 260 g/mol. The largest absolute Gasteiger partial charge is 0.339 e. The fraction of sp³-hybridized carbons (Fsp3) is 0.611. The van der Waals surface area contributed by atoms with Crippen molar-refractivity contribution in [2.45, 2.75) is 32.2 Å². The molecule has 2 fully saturated rings. The molecule has 1 N–H and O–H groups in total. The van der Waals surface area contributed by atoms with Crippen LogP contribution in [0, 0.1) is 17.8 Å². The van der Waals surface area contributed by atoms with Crippen LogP contribution in [0.15, 0.2) is 24.3 Å². The van der Waals surface area contributed by atoms with E-state index < -0.39 is 0 Å². The Kier molecular flexibility index (Phi) is 3.26. The number of benzene rings is 1. The maximum atomic E-state index is 13.0. The number of fused-ring (bicyclic) bond motifs is 2. The van der Waals surface area contributed by atoms with Gasteiger partial charge in [0.05, 0.1) is 0 Å². The zero-order valence-electron chi connectivity index (χ0n) is 12.7. The molecule has 21 heavy (non-hydrogen) atoms. The highest BCUT2D eigenvalue weighted by atomic mass is 16.2. The van der Waals surface area contributed by atoms with Gasteiger partial charge in [-0.15, -0.1) is 0 Å². The molecule has 1 aromatic carbocycles. The Morgan fingerprint density at radius 3 is 2.62 bits per heavy atom. The van der Waals surface area contributed by atoms with Gasteiger partial charge >= 0.3 is 0 Å². The van der Waals surface area contributed by atoms with E-state index in [0.717, 1.165) is 38.9 Å². The first-order valence-corrected chi connectivity index (χ1v) is 8.36. The third kappa shape index (κ3) is 2.10. The van der Waals surface area contributed by atoms with Crippen LogP contribution in [-0.4, -0.2) is 36.5 Å². The molecule has 2 saturated heterocycles. The van der Waals surface area contributed by atoms with Crippen LogP contribution in [0.2, 0.25) is 0 Å². The van der Waals surface area contributed by atoms with Gasteiger partial charge in [0.2, 0.25) is 5.91 Å². The molecule has 2 aliphatic heterocycles. The molecule has 3 atom stereocenters. The van der Waals surface area contributed by atoms with E-state index in [-0.39, 0.29) is 5.92 Å². The molecule has 0 radical (unpaired) electrons. The number of hydrogen-bond donors (Lipinski definition) is 1. The Bertz CT molecular complexity index is 531. The zero-order chi connectivity index (χ0) is 14.4. The van der Waals surface area contributed by atoms with Crippen LogP contribution in [0.3, 0.4) is 0 Å². The number of nitrogens with one attached hydrogen (secondary N) is 1. The average molecular weight is 284 g/mol. The van der Waals surface area contributed by atoms with Gasteiger partial charge in [-0.25, -0.2) is 0 Å². The summed E-state index contributed by atoms with van der Waals surface area (Å²) in [6.07, 6.45) is 2.97.